The van der Waals surface area contributed by atoms with E-state index < -0.39 is 0 Å². The highest BCUT2D eigenvalue weighted by molar-refractivity contribution is 5.22. The zero-order valence-corrected chi connectivity index (χ0v) is 12.5. The van der Waals surface area contributed by atoms with Gasteiger partial charge in [0, 0.05) is 43.7 Å². The minimum absolute atomic E-state index is 0.0641. The fourth-order valence-electron chi connectivity index (χ4n) is 3.37. The highest BCUT2D eigenvalue weighted by atomic mass is 16.5. The van der Waals surface area contributed by atoms with Gasteiger partial charge in [-0.1, -0.05) is 0 Å². The van der Waals surface area contributed by atoms with Gasteiger partial charge in [-0.05, 0) is 39.5 Å². The number of hydrogen-bond donors (Lipinski definition) is 2. The second kappa shape index (κ2) is 5.84. The molecule has 3 rings (SSSR count). The predicted octanol–water partition coefficient (Wildman–Crippen LogP) is 1.84. The van der Waals surface area contributed by atoms with Crippen LogP contribution in [0.15, 0.2) is 0 Å². The second-order valence-corrected chi connectivity index (χ2v) is 6.13. The molecule has 3 heterocycles. The van der Waals surface area contributed by atoms with Gasteiger partial charge in [-0.25, -0.2) is 0 Å². The molecule has 2 aliphatic heterocycles. The molecule has 2 N–H and O–H groups in total. The average molecular weight is 279 g/mol. The van der Waals surface area contributed by atoms with E-state index in [1.54, 1.807) is 0 Å². The van der Waals surface area contributed by atoms with E-state index in [2.05, 4.69) is 29.4 Å². The summed E-state index contributed by atoms with van der Waals surface area (Å²) in [5, 5.41) is 11.0. The third-order valence-corrected chi connectivity index (χ3v) is 4.75. The normalized spacial score (nSPS) is 26.0. The van der Waals surface area contributed by atoms with E-state index in [1.807, 2.05) is 0 Å². The van der Waals surface area contributed by atoms with E-state index in [0.717, 1.165) is 57.7 Å². The van der Waals surface area contributed by atoms with Gasteiger partial charge in [-0.3, -0.25) is 5.10 Å². The standard InChI is InChI=1S/C15H25N3O2/c1-11-14(12(2)18-17-11)10-16-13-3-6-20-15(9-13)4-7-19-8-5-15/h13,16H,3-10H2,1-2H3,(H,17,18)/t13-/m1/s1. The molecule has 1 aromatic heterocycles. The number of rotatable bonds is 3. The highest BCUT2D eigenvalue weighted by Gasteiger charge is 2.38. The molecule has 0 amide bonds. The van der Waals surface area contributed by atoms with Gasteiger partial charge in [0.15, 0.2) is 0 Å². The Kier molecular flexibility index (Phi) is 4.10. The number of aromatic amines is 1. The fourth-order valence-corrected chi connectivity index (χ4v) is 3.37. The Morgan fingerprint density at radius 1 is 1.30 bits per heavy atom. The van der Waals surface area contributed by atoms with Crippen LogP contribution in [0.2, 0.25) is 0 Å². The van der Waals surface area contributed by atoms with Gasteiger partial charge in [0.1, 0.15) is 0 Å². The van der Waals surface area contributed by atoms with Crippen molar-refractivity contribution in [3.05, 3.63) is 17.0 Å². The van der Waals surface area contributed by atoms with Crippen molar-refractivity contribution < 1.29 is 9.47 Å². The molecule has 5 nitrogen and oxygen atoms in total. The van der Waals surface area contributed by atoms with E-state index in [-0.39, 0.29) is 5.60 Å². The highest BCUT2D eigenvalue weighted by Crippen LogP contribution is 2.34. The van der Waals surface area contributed by atoms with Gasteiger partial charge < -0.3 is 14.8 Å². The Morgan fingerprint density at radius 3 is 2.80 bits per heavy atom. The zero-order valence-electron chi connectivity index (χ0n) is 12.5. The van der Waals surface area contributed by atoms with E-state index in [4.69, 9.17) is 9.47 Å². The van der Waals surface area contributed by atoms with Crippen LogP contribution in [0.4, 0.5) is 0 Å². The molecule has 112 valence electrons. The summed E-state index contributed by atoms with van der Waals surface area (Å²) in [5.41, 5.74) is 3.64. The molecule has 0 unspecified atom stereocenters. The lowest BCUT2D eigenvalue weighted by Gasteiger charge is -2.43. The molecular formula is C15H25N3O2. The summed E-state index contributed by atoms with van der Waals surface area (Å²) in [4.78, 5) is 0. The first kappa shape index (κ1) is 14.0. The van der Waals surface area contributed by atoms with Crippen LogP contribution >= 0.6 is 0 Å². The van der Waals surface area contributed by atoms with Crippen LogP contribution in [0.3, 0.4) is 0 Å². The molecule has 2 aliphatic rings. The van der Waals surface area contributed by atoms with Crippen LogP contribution < -0.4 is 5.32 Å². The molecule has 2 saturated heterocycles. The summed E-state index contributed by atoms with van der Waals surface area (Å²) < 4.78 is 11.6. The monoisotopic (exact) mass is 279 g/mol. The largest absolute Gasteiger partial charge is 0.381 e. The number of hydrogen-bond acceptors (Lipinski definition) is 4. The number of nitrogens with zero attached hydrogens (tertiary/aromatic N) is 1. The summed E-state index contributed by atoms with van der Waals surface area (Å²) in [5.74, 6) is 0. The van der Waals surface area contributed by atoms with Crippen LogP contribution in [0.25, 0.3) is 0 Å². The molecule has 0 saturated carbocycles. The Bertz CT molecular complexity index is 427. The molecule has 20 heavy (non-hydrogen) atoms. The smallest absolute Gasteiger partial charge is 0.0741 e. The van der Waals surface area contributed by atoms with Gasteiger partial charge in [-0.15, -0.1) is 0 Å². The molecule has 5 heteroatoms. The van der Waals surface area contributed by atoms with Crippen molar-refractivity contribution in [2.45, 2.75) is 57.7 Å². The van der Waals surface area contributed by atoms with Gasteiger partial charge in [0.2, 0.25) is 0 Å². The molecule has 0 bridgehead atoms. The van der Waals surface area contributed by atoms with Crippen molar-refractivity contribution in [3.8, 4) is 0 Å². The molecule has 0 aromatic carbocycles. The quantitative estimate of drug-likeness (QED) is 0.886. The molecule has 1 aromatic rings. The number of nitrogens with one attached hydrogen (secondary N) is 2. The topological polar surface area (TPSA) is 59.2 Å². The lowest BCUT2D eigenvalue weighted by atomic mass is 9.84. The van der Waals surface area contributed by atoms with Gasteiger partial charge in [-0.2, -0.15) is 5.10 Å². The zero-order chi connectivity index (χ0) is 14.0. The van der Waals surface area contributed by atoms with E-state index in [0.29, 0.717) is 6.04 Å². The van der Waals surface area contributed by atoms with Crippen molar-refractivity contribution in [2.24, 2.45) is 0 Å². The van der Waals surface area contributed by atoms with E-state index >= 15 is 0 Å². The summed E-state index contributed by atoms with van der Waals surface area (Å²) in [6.07, 6.45) is 4.27. The number of aryl methyl sites for hydroxylation is 2. The van der Waals surface area contributed by atoms with E-state index in [9.17, 15) is 0 Å². The minimum atomic E-state index is 0.0641. The van der Waals surface area contributed by atoms with Gasteiger partial charge in [0.25, 0.3) is 0 Å². The second-order valence-electron chi connectivity index (χ2n) is 6.13. The van der Waals surface area contributed by atoms with Crippen LogP contribution in [0.5, 0.6) is 0 Å². The molecular weight excluding hydrogens is 254 g/mol. The van der Waals surface area contributed by atoms with Crippen molar-refractivity contribution >= 4 is 0 Å². The van der Waals surface area contributed by atoms with Crippen molar-refractivity contribution in [1.82, 2.24) is 15.5 Å². The van der Waals surface area contributed by atoms with Crippen LogP contribution in [0.1, 0.15) is 42.6 Å². The molecule has 2 fully saturated rings. The van der Waals surface area contributed by atoms with E-state index in [1.165, 1.54) is 11.3 Å². The minimum Gasteiger partial charge on any atom is -0.381 e. The Balaban J connectivity index is 1.58. The number of aromatic nitrogens is 2. The first-order valence-electron chi connectivity index (χ1n) is 7.64. The van der Waals surface area contributed by atoms with Crippen LogP contribution in [-0.2, 0) is 16.0 Å². The maximum atomic E-state index is 6.08. The fraction of sp³-hybridized carbons (Fsp3) is 0.800. The predicted molar refractivity (Wildman–Crippen MR) is 76.7 cm³/mol. The molecule has 0 radical (unpaired) electrons. The summed E-state index contributed by atoms with van der Waals surface area (Å²) in [6, 6.07) is 0.538. The molecule has 0 aliphatic carbocycles. The Morgan fingerprint density at radius 2 is 2.10 bits per heavy atom. The number of ether oxygens (including phenoxy) is 2. The van der Waals surface area contributed by atoms with Crippen molar-refractivity contribution in [3.63, 3.8) is 0 Å². The summed E-state index contributed by atoms with van der Waals surface area (Å²) >= 11 is 0. The van der Waals surface area contributed by atoms with Crippen LogP contribution in [0, 0.1) is 13.8 Å². The lowest BCUT2D eigenvalue weighted by molar-refractivity contribution is -0.140. The van der Waals surface area contributed by atoms with Crippen molar-refractivity contribution in [1.29, 1.82) is 0 Å². The summed E-state index contributed by atoms with van der Waals surface area (Å²) in [6.45, 7) is 7.58. The van der Waals surface area contributed by atoms with Crippen molar-refractivity contribution in [2.75, 3.05) is 19.8 Å². The maximum Gasteiger partial charge on any atom is 0.0741 e. The van der Waals surface area contributed by atoms with Crippen LogP contribution in [-0.4, -0.2) is 41.7 Å². The SMILES string of the molecule is Cc1n[nH]c(C)c1CN[C@@H]1CCOC2(CCOCC2)C1. The third kappa shape index (κ3) is 2.90. The molecule has 1 spiro atoms. The first-order valence-corrected chi connectivity index (χ1v) is 7.64. The lowest BCUT2D eigenvalue weighted by Crippen LogP contribution is -2.49. The average Bonchev–Trinajstić information content (AvgIpc) is 2.77. The number of H-pyrrole nitrogens is 1. The Labute approximate surface area is 120 Å². The molecule has 1 atom stereocenters. The Hall–Kier alpha value is -0.910. The third-order valence-electron chi connectivity index (χ3n) is 4.75. The maximum absolute atomic E-state index is 6.08. The van der Waals surface area contributed by atoms with Gasteiger partial charge in [0.05, 0.1) is 11.3 Å². The first-order chi connectivity index (χ1) is 9.69. The van der Waals surface area contributed by atoms with Gasteiger partial charge >= 0.3 is 0 Å². The summed E-state index contributed by atoms with van der Waals surface area (Å²) in [7, 11) is 0.